The number of piperidine rings is 2. The third-order valence-corrected chi connectivity index (χ3v) is 27.2. The Balaban J connectivity index is 0.000000164. The number of allylic oxidation sites excluding steroid dienone is 2. The molecular weight excluding hydrogens is 1380 g/mol. The highest BCUT2D eigenvalue weighted by Gasteiger charge is 2.57. The standard InChI is InChI=1S/C52H57F2N5O6.C37H34F2N4.CH4/c1-27(2)38(23-45(60)64-5)48(61)59-35-11-7-32(18-35)47(59)43-21-33-17-29(10-14-41(33)56-43)30-8-12-36-37-13-9-31(20-40(37)52(53,54)39(36)19-30)34-22-42(55-25-34)44-24-51(15-16-51)26-58(44)49(62)46(28(3)4)57-50(63)65-6;38-37(39)29-13-21(20-4-8-31-24(11-20)15-33(43-31)35-23-1-5-26(12-23)42-35)2-6-27(29)28-7-3-22(14-30(28)37)25-16-32(40-18-25)34-17-36(9-10-36)19-41-34;/h8-10,12-14,17,19-20,25,27-28,32,35,38,44,46-47H,7,11,15-16,18,21-24,26H2,1-6H3,(H,57,63);2-4,6-8,11,13-14,18,23,26,34-35,41-42H,1,5,9-10,12,15-17,19H2;1H4/t32-,35+,38-,44-,46-,47-;23-,26+,34-,35-;/m00./s1. The van der Waals surface area contributed by atoms with E-state index in [9.17, 15) is 19.2 Å². The highest BCUT2D eigenvalue weighted by Crippen LogP contribution is 2.59. The maximum atomic E-state index is 16.7. The number of carbonyl (C=O) groups excluding carboxylic acids is 4. The SMILES string of the molecule is C.COC(=O)C[C@H](C(=O)N1[C@@H]2CC[C@@H](C2)[C@H]1C1=Nc2ccc(-c3ccc4c(c3)C(F)(F)c3cc(C5=CN=C([C@@H]6CC7(CC7)CN6C(=O)[C@@H](NC(=O)OC)C(C)C)C5)ccc3-4)cc2C1)C(C)C.FC1(F)c2cc(C3=CN=C([C@@H]4CC5(CC5)CN4)C3)ccc2-c2ccc(-c3ccc4c(c3)CC([C@H]3N[C@@H]5CC[C@H]3C5)=N4)cc21. The molecule has 0 radical (unpaired) electrons. The lowest BCUT2D eigenvalue weighted by Gasteiger charge is -2.38. The summed E-state index contributed by atoms with van der Waals surface area (Å²) in [5.41, 5.74) is 17.9. The van der Waals surface area contributed by atoms with Gasteiger partial charge in [0, 0.05) is 120 Å². The first-order valence-corrected chi connectivity index (χ1v) is 39.3. The van der Waals surface area contributed by atoms with Crippen molar-refractivity contribution in [3.63, 3.8) is 0 Å². The van der Waals surface area contributed by atoms with Crippen molar-refractivity contribution in [3.05, 3.63) is 166 Å². The zero-order valence-corrected chi connectivity index (χ0v) is 62.1. The molecule has 0 aromatic heterocycles. The van der Waals surface area contributed by atoms with E-state index in [1.165, 1.54) is 57.6 Å². The number of alkyl carbamates (subject to hydrolysis) is 1. The molecule has 6 aromatic carbocycles. The minimum absolute atomic E-state index is 0. The summed E-state index contributed by atoms with van der Waals surface area (Å²) in [4.78, 5) is 76.2. The average Bonchev–Trinajstić information content (AvgIpc) is 1.58. The number of nitrogens with one attached hydrogen (secondary N) is 3. The van der Waals surface area contributed by atoms with Crippen LogP contribution in [0.3, 0.4) is 0 Å². The lowest BCUT2D eigenvalue weighted by Crippen LogP contribution is -2.53. The van der Waals surface area contributed by atoms with E-state index in [0.717, 1.165) is 132 Å². The second-order valence-electron chi connectivity index (χ2n) is 34.5. The Hall–Kier alpha value is -9.20. The number of nitrogens with zero attached hydrogens (tertiary/aromatic N) is 6. The fourth-order valence-electron chi connectivity index (χ4n) is 20.8. The number of benzene rings is 6. The monoisotopic (exact) mass is 1470 g/mol. The summed E-state index contributed by atoms with van der Waals surface area (Å²) in [6.07, 6.45) is 19.0. The van der Waals surface area contributed by atoms with Crippen LogP contribution >= 0.6 is 0 Å². The van der Waals surface area contributed by atoms with Gasteiger partial charge < -0.3 is 35.2 Å². The van der Waals surface area contributed by atoms with Gasteiger partial charge in [-0.2, -0.15) is 17.6 Å². The summed E-state index contributed by atoms with van der Waals surface area (Å²) in [6.45, 7) is 9.41. The molecule has 10 atom stereocenters. The maximum Gasteiger partial charge on any atom is 0.407 e. The van der Waals surface area contributed by atoms with Gasteiger partial charge in [0.25, 0.3) is 11.8 Å². The quantitative estimate of drug-likeness (QED) is 0.0671. The molecule has 20 rings (SSSR count). The van der Waals surface area contributed by atoms with E-state index in [2.05, 4.69) is 28.1 Å². The number of hydrogen-bond donors (Lipinski definition) is 3. The van der Waals surface area contributed by atoms with Crippen LogP contribution in [0.15, 0.2) is 142 Å². The number of rotatable bonds is 15. The summed E-state index contributed by atoms with van der Waals surface area (Å²) in [5, 5.41) is 10.1. The Morgan fingerprint density at radius 3 is 1.63 bits per heavy atom. The van der Waals surface area contributed by atoms with Crippen LogP contribution in [0.2, 0.25) is 0 Å². The van der Waals surface area contributed by atoms with E-state index < -0.39 is 29.9 Å². The minimum atomic E-state index is -3.24. The highest BCUT2D eigenvalue weighted by molar-refractivity contribution is 6.06. The number of alkyl halides is 4. The van der Waals surface area contributed by atoms with Crippen LogP contribution in [0.5, 0.6) is 0 Å². The van der Waals surface area contributed by atoms with Crippen LogP contribution in [0, 0.1) is 40.4 Å². The van der Waals surface area contributed by atoms with Crippen molar-refractivity contribution in [2.45, 2.75) is 198 Å². The molecule has 109 heavy (non-hydrogen) atoms. The molecule has 19 heteroatoms. The first kappa shape index (κ1) is 71.4. The van der Waals surface area contributed by atoms with Crippen molar-refractivity contribution in [2.75, 3.05) is 27.3 Å². The second-order valence-corrected chi connectivity index (χ2v) is 34.5. The topological polar surface area (TPSA) is 179 Å². The summed E-state index contributed by atoms with van der Waals surface area (Å²) < 4.78 is 75.5. The van der Waals surface area contributed by atoms with Crippen LogP contribution in [-0.2, 0) is 48.5 Å². The van der Waals surface area contributed by atoms with E-state index in [0.29, 0.717) is 88.1 Å². The molecule has 8 aliphatic heterocycles. The van der Waals surface area contributed by atoms with Crippen molar-refractivity contribution in [1.29, 1.82) is 0 Å². The van der Waals surface area contributed by atoms with E-state index >= 15 is 17.6 Å². The zero-order valence-electron chi connectivity index (χ0n) is 62.1. The van der Waals surface area contributed by atoms with Crippen molar-refractivity contribution >= 4 is 69.2 Å². The van der Waals surface area contributed by atoms with Gasteiger partial charge in [-0.3, -0.25) is 34.4 Å². The molecule has 15 nitrogen and oxygen atoms in total. The van der Waals surface area contributed by atoms with Crippen molar-refractivity contribution in [1.82, 2.24) is 25.8 Å². The zero-order chi connectivity index (χ0) is 74.2. The fourth-order valence-corrected chi connectivity index (χ4v) is 20.8. The first-order chi connectivity index (χ1) is 52.0. The summed E-state index contributed by atoms with van der Waals surface area (Å²) in [7, 11) is 2.63. The third-order valence-electron chi connectivity index (χ3n) is 27.2. The molecule has 6 aromatic rings. The van der Waals surface area contributed by atoms with Crippen LogP contribution < -0.4 is 16.0 Å². The summed E-state index contributed by atoms with van der Waals surface area (Å²) >= 11 is 0. The minimum Gasteiger partial charge on any atom is -0.469 e. The molecular formula is C90H95F4N9O6. The molecule has 564 valence electrons. The fraction of sp³-hybridized carbons (Fsp3) is 0.467. The third kappa shape index (κ3) is 12.2. The maximum absolute atomic E-state index is 16.7. The number of aliphatic imine (C=N–C) groups is 4. The average molecular weight is 1470 g/mol. The molecule has 3 N–H and O–H groups in total. The number of hydrogen-bond acceptors (Lipinski definition) is 12. The molecule has 3 amide bonds. The van der Waals surface area contributed by atoms with Gasteiger partial charge in [-0.15, -0.1) is 0 Å². The van der Waals surface area contributed by atoms with Crippen LogP contribution in [0.1, 0.15) is 176 Å². The number of ether oxygens (including phenoxy) is 2. The number of fused-ring (bicyclic) bond motifs is 12. The van der Waals surface area contributed by atoms with E-state index in [1.54, 1.807) is 42.6 Å². The second kappa shape index (κ2) is 26.5. The van der Waals surface area contributed by atoms with Crippen LogP contribution in [0.4, 0.5) is 33.7 Å². The Labute approximate surface area is 634 Å². The molecule has 2 spiro atoms. The lowest BCUT2D eigenvalue weighted by molar-refractivity contribution is -0.149. The van der Waals surface area contributed by atoms with E-state index in [4.69, 9.17) is 29.4 Å². The molecule has 4 saturated heterocycles. The largest absolute Gasteiger partial charge is 0.469 e. The smallest absolute Gasteiger partial charge is 0.407 e. The number of esters is 1. The van der Waals surface area contributed by atoms with Gasteiger partial charge in [0.05, 0.1) is 50.0 Å². The number of amides is 3. The van der Waals surface area contributed by atoms with Crippen LogP contribution in [0.25, 0.3) is 55.7 Å². The van der Waals surface area contributed by atoms with Crippen LogP contribution in [-0.4, -0.2) is 126 Å². The predicted molar refractivity (Wildman–Crippen MR) is 418 cm³/mol. The predicted octanol–water partition coefficient (Wildman–Crippen LogP) is 17.5. The van der Waals surface area contributed by atoms with Gasteiger partial charge >= 0.3 is 12.1 Å². The van der Waals surface area contributed by atoms with Gasteiger partial charge in [-0.05, 0) is 238 Å². The highest BCUT2D eigenvalue weighted by atomic mass is 19.3. The number of methoxy groups -OCH3 is 2. The van der Waals surface area contributed by atoms with Gasteiger partial charge in [0.1, 0.15) is 6.04 Å². The number of likely N-dealkylation sites (tertiary alicyclic amines) is 2. The van der Waals surface area contributed by atoms with E-state index in [-0.39, 0.29) is 89.3 Å². The molecule has 6 aliphatic carbocycles. The summed E-state index contributed by atoms with van der Waals surface area (Å²) in [5.74, 6) is -6.48. The molecule has 0 unspecified atom stereocenters. The molecule has 8 fully saturated rings. The van der Waals surface area contributed by atoms with Gasteiger partial charge in [-0.1, -0.05) is 95.8 Å². The van der Waals surface area contributed by atoms with E-state index in [1.807, 2.05) is 104 Å². The van der Waals surface area contributed by atoms with Crippen molar-refractivity contribution in [2.24, 2.45) is 60.4 Å². The Morgan fingerprint density at radius 2 is 1.10 bits per heavy atom. The normalized spacial score (nSPS) is 26.5. The molecule has 4 bridgehead atoms. The molecule has 4 saturated carbocycles. The van der Waals surface area contributed by atoms with Gasteiger partial charge in [0.2, 0.25) is 11.8 Å². The summed E-state index contributed by atoms with van der Waals surface area (Å²) in [6, 6.07) is 34.4. The first-order valence-electron chi connectivity index (χ1n) is 39.3. The molecule has 14 aliphatic rings. The lowest BCUT2D eigenvalue weighted by atomic mass is 9.87. The Bertz CT molecular complexity index is 5060. The van der Waals surface area contributed by atoms with Crippen molar-refractivity contribution in [3.8, 4) is 44.5 Å². The Morgan fingerprint density at radius 1 is 0.569 bits per heavy atom. The molecule has 8 heterocycles. The van der Waals surface area contributed by atoms with Gasteiger partial charge in [-0.25, -0.2) is 4.79 Å². The number of halogens is 4. The van der Waals surface area contributed by atoms with Crippen molar-refractivity contribution < 1.29 is 46.2 Å². The Kier molecular flexibility index (Phi) is 17.4. The van der Waals surface area contributed by atoms with Gasteiger partial charge in [0.15, 0.2) is 0 Å². The number of carbonyl (C=O) groups is 4.